The SMILES string of the molecule is O=C(NC1CCCSC1)c1cc(O)cc(O)c1. The van der Waals surface area contributed by atoms with Crippen molar-refractivity contribution >= 4 is 17.7 Å². The maximum absolute atomic E-state index is 11.9. The number of phenols is 2. The Kier molecular flexibility index (Phi) is 3.78. The molecule has 0 bridgehead atoms. The minimum atomic E-state index is -0.247. The molecule has 92 valence electrons. The lowest BCUT2D eigenvalue weighted by molar-refractivity contribution is 0.0938. The van der Waals surface area contributed by atoms with E-state index in [1.54, 1.807) is 0 Å². The van der Waals surface area contributed by atoms with Gasteiger partial charge >= 0.3 is 0 Å². The minimum Gasteiger partial charge on any atom is -0.508 e. The fourth-order valence-electron chi connectivity index (χ4n) is 1.85. The number of thioether (sulfide) groups is 1. The fourth-order valence-corrected chi connectivity index (χ4v) is 2.92. The van der Waals surface area contributed by atoms with E-state index in [0.29, 0.717) is 0 Å². The standard InChI is InChI=1S/C12H15NO3S/c14-10-4-8(5-11(15)6-10)12(16)13-9-2-1-3-17-7-9/h4-6,9,14-15H,1-3,7H2,(H,13,16). The number of aromatic hydroxyl groups is 2. The number of amides is 1. The van der Waals surface area contributed by atoms with Gasteiger partial charge in [0.25, 0.3) is 5.91 Å². The van der Waals surface area contributed by atoms with E-state index >= 15 is 0 Å². The van der Waals surface area contributed by atoms with E-state index in [1.807, 2.05) is 11.8 Å². The molecular formula is C12H15NO3S. The van der Waals surface area contributed by atoms with Crippen LogP contribution >= 0.6 is 11.8 Å². The molecule has 5 heteroatoms. The van der Waals surface area contributed by atoms with Crippen LogP contribution in [-0.2, 0) is 0 Å². The molecular weight excluding hydrogens is 238 g/mol. The Morgan fingerprint density at radius 1 is 1.29 bits per heavy atom. The molecule has 0 spiro atoms. The smallest absolute Gasteiger partial charge is 0.251 e. The van der Waals surface area contributed by atoms with Gasteiger partial charge in [0.2, 0.25) is 0 Å². The molecule has 1 aliphatic rings. The van der Waals surface area contributed by atoms with Crippen molar-refractivity contribution in [3.05, 3.63) is 23.8 Å². The lowest BCUT2D eigenvalue weighted by Gasteiger charge is -2.22. The number of phenolic OH excluding ortho intramolecular Hbond substituents is 2. The van der Waals surface area contributed by atoms with Crippen molar-refractivity contribution < 1.29 is 15.0 Å². The van der Waals surface area contributed by atoms with E-state index in [-0.39, 0.29) is 29.0 Å². The summed E-state index contributed by atoms with van der Waals surface area (Å²) in [6.45, 7) is 0. The molecule has 1 aliphatic heterocycles. The number of hydrogen-bond acceptors (Lipinski definition) is 4. The van der Waals surface area contributed by atoms with Crippen LogP contribution in [0.15, 0.2) is 18.2 Å². The summed E-state index contributed by atoms with van der Waals surface area (Å²) in [6, 6.07) is 4.09. The molecule has 1 fully saturated rings. The molecule has 0 aromatic heterocycles. The molecule has 1 amide bonds. The first-order valence-corrected chi connectivity index (χ1v) is 6.72. The van der Waals surface area contributed by atoms with Gasteiger partial charge in [0.05, 0.1) is 0 Å². The molecule has 1 aromatic carbocycles. The van der Waals surface area contributed by atoms with Crippen LogP contribution in [0.1, 0.15) is 23.2 Å². The van der Waals surface area contributed by atoms with Crippen LogP contribution in [0.3, 0.4) is 0 Å². The van der Waals surface area contributed by atoms with Gasteiger partial charge in [-0.3, -0.25) is 4.79 Å². The van der Waals surface area contributed by atoms with Crippen LogP contribution in [0.5, 0.6) is 11.5 Å². The van der Waals surface area contributed by atoms with Gasteiger partial charge < -0.3 is 15.5 Å². The first-order chi connectivity index (χ1) is 8.15. The highest BCUT2D eigenvalue weighted by Gasteiger charge is 2.17. The van der Waals surface area contributed by atoms with E-state index in [0.717, 1.165) is 24.3 Å². The van der Waals surface area contributed by atoms with Crippen molar-refractivity contribution in [1.29, 1.82) is 0 Å². The van der Waals surface area contributed by atoms with E-state index in [4.69, 9.17) is 0 Å². The van der Waals surface area contributed by atoms with Gasteiger partial charge in [-0.1, -0.05) is 0 Å². The first kappa shape index (κ1) is 12.1. The Labute approximate surface area is 104 Å². The van der Waals surface area contributed by atoms with Crippen molar-refractivity contribution in [1.82, 2.24) is 5.32 Å². The largest absolute Gasteiger partial charge is 0.508 e. The zero-order valence-corrected chi connectivity index (χ0v) is 10.2. The van der Waals surface area contributed by atoms with Crippen molar-refractivity contribution in [2.75, 3.05) is 11.5 Å². The van der Waals surface area contributed by atoms with E-state index in [1.165, 1.54) is 18.2 Å². The third-order valence-corrected chi connectivity index (χ3v) is 3.88. The summed E-state index contributed by atoms with van der Waals surface area (Å²) in [4.78, 5) is 11.9. The van der Waals surface area contributed by atoms with Crippen molar-refractivity contribution in [2.45, 2.75) is 18.9 Å². The average Bonchev–Trinajstić information content (AvgIpc) is 2.29. The molecule has 4 nitrogen and oxygen atoms in total. The summed E-state index contributed by atoms with van der Waals surface area (Å²) >= 11 is 1.83. The molecule has 0 radical (unpaired) electrons. The highest BCUT2D eigenvalue weighted by Crippen LogP contribution is 2.21. The number of hydrogen-bond donors (Lipinski definition) is 3. The molecule has 1 saturated heterocycles. The lowest BCUT2D eigenvalue weighted by Crippen LogP contribution is -2.38. The van der Waals surface area contributed by atoms with Crippen molar-refractivity contribution in [3.63, 3.8) is 0 Å². The number of rotatable bonds is 2. The zero-order valence-electron chi connectivity index (χ0n) is 9.35. The van der Waals surface area contributed by atoms with Crippen LogP contribution in [-0.4, -0.2) is 33.7 Å². The summed E-state index contributed by atoms with van der Waals surface area (Å²) in [5, 5.41) is 21.5. The molecule has 17 heavy (non-hydrogen) atoms. The van der Waals surface area contributed by atoms with E-state index < -0.39 is 0 Å². The predicted molar refractivity (Wildman–Crippen MR) is 67.6 cm³/mol. The Hall–Kier alpha value is -1.36. The monoisotopic (exact) mass is 253 g/mol. The highest BCUT2D eigenvalue weighted by molar-refractivity contribution is 7.99. The summed E-state index contributed by atoms with van der Waals surface area (Å²) < 4.78 is 0. The Morgan fingerprint density at radius 3 is 2.59 bits per heavy atom. The van der Waals surface area contributed by atoms with Gasteiger partial charge in [0.15, 0.2) is 0 Å². The number of nitrogens with one attached hydrogen (secondary N) is 1. The van der Waals surface area contributed by atoms with Gasteiger partial charge in [-0.2, -0.15) is 11.8 Å². The molecule has 1 aromatic rings. The summed E-state index contributed by atoms with van der Waals surface area (Å²) in [6.07, 6.45) is 2.10. The Bertz CT molecular complexity index is 396. The predicted octanol–water partition coefficient (Wildman–Crippen LogP) is 1.72. The summed E-state index contributed by atoms with van der Waals surface area (Å²) in [7, 11) is 0. The zero-order chi connectivity index (χ0) is 12.3. The van der Waals surface area contributed by atoms with Gasteiger partial charge in [-0.05, 0) is 30.7 Å². The molecule has 3 N–H and O–H groups in total. The van der Waals surface area contributed by atoms with Crippen LogP contribution in [0.2, 0.25) is 0 Å². The van der Waals surface area contributed by atoms with Crippen LogP contribution < -0.4 is 5.32 Å². The molecule has 0 aliphatic carbocycles. The fraction of sp³-hybridized carbons (Fsp3) is 0.417. The summed E-state index contributed by atoms with van der Waals surface area (Å²) in [5.74, 6) is 1.63. The molecule has 2 rings (SSSR count). The Morgan fingerprint density at radius 2 is 2.00 bits per heavy atom. The number of carbonyl (C=O) groups is 1. The molecule has 1 heterocycles. The van der Waals surface area contributed by atoms with Gasteiger partial charge in [-0.25, -0.2) is 0 Å². The third kappa shape index (κ3) is 3.30. The quantitative estimate of drug-likeness (QED) is 0.750. The maximum Gasteiger partial charge on any atom is 0.251 e. The van der Waals surface area contributed by atoms with E-state index in [9.17, 15) is 15.0 Å². The molecule has 1 unspecified atom stereocenters. The maximum atomic E-state index is 11.9. The van der Waals surface area contributed by atoms with Gasteiger partial charge in [0, 0.05) is 23.4 Å². The highest BCUT2D eigenvalue weighted by atomic mass is 32.2. The number of carbonyl (C=O) groups excluding carboxylic acids is 1. The van der Waals surface area contributed by atoms with Crippen molar-refractivity contribution in [2.24, 2.45) is 0 Å². The third-order valence-electron chi connectivity index (χ3n) is 2.66. The second kappa shape index (κ2) is 5.31. The number of benzene rings is 1. The van der Waals surface area contributed by atoms with Gasteiger partial charge in [-0.15, -0.1) is 0 Å². The Balaban J connectivity index is 2.03. The minimum absolute atomic E-state index is 0.104. The first-order valence-electron chi connectivity index (χ1n) is 5.57. The lowest BCUT2D eigenvalue weighted by atomic mass is 10.1. The van der Waals surface area contributed by atoms with Crippen LogP contribution in [0.4, 0.5) is 0 Å². The van der Waals surface area contributed by atoms with Crippen LogP contribution in [0.25, 0.3) is 0 Å². The second-order valence-electron chi connectivity index (χ2n) is 4.13. The molecule has 0 saturated carbocycles. The van der Waals surface area contributed by atoms with Crippen molar-refractivity contribution in [3.8, 4) is 11.5 Å². The second-order valence-corrected chi connectivity index (χ2v) is 5.28. The van der Waals surface area contributed by atoms with E-state index in [2.05, 4.69) is 5.32 Å². The van der Waals surface area contributed by atoms with Gasteiger partial charge in [0.1, 0.15) is 11.5 Å². The molecule has 1 atom stereocenters. The topological polar surface area (TPSA) is 69.6 Å². The van der Waals surface area contributed by atoms with Crippen LogP contribution in [0, 0.1) is 0 Å². The normalized spacial score (nSPS) is 19.9. The summed E-state index contributed by atoms with van der Waals surface area (Å²) in [5.41, 5.74) is 0.290. The average molecular weight is 253 g/mol.